The third-order valence-electron chi connectivity index (χ3n) is 1.56. The minimum absolute atomic E-state index is 0.443. The predicted molar refractivity (Wildman–Crippen MR) is 49.8 cm³/mol. The fourth-order valence-corrected chi connectivity index (χ4v) is 1.70. The fraction of sp³-hybridized carbons (Fsp3) is 0.500. The van der Waals surface area contributed by atoms with Crippen molar-refractivity contribution in [2.75, 3.05) is 13.1 Å². The molecule has 0 saturated carbocycles. The summed E-state index contributed by atoms with van der Waals surface area (Å²) in [5.41, 5.74) is 5.37. The average Bonchev–Trinajstić information content (AvgIpc) is 2.52. The average molecular weight is 170 g/mol. The molecule has 1 rings (SSSR count). The highest BCUT2D eigenvalue weighted by molar-refractivity contribution is 7.10. The highest BCUT2D eigenvalue weighted by Crippen LogP contribution is 2.17. The van der Waals surface area contributed by atoms with E-state index in [1.54, 1.807) is 11.3 Å². The first-order valence-electron chi connectivity index (χ1n) is 3.81. The largest absolute Gasteiger partial charge is 0.329 e. The lowest BCUT2D eigenvalue weighted by Gasteiger charge is -2.09. The second-order valence-electron chi connectivity index (χ2n) is 2.48. The summed E-state index contributed by atoms with van der Waals surface area (Å²) in [7, 11) is 0. The number of thiophene rings is 1. The minimum atomic E-state index is 0.443. The Hall–Kier alpha value is -0.380. The van der Waals surface area contributed by atoms with Crippen LogP contribution in [0.1, 0.15) is 17.8 Å². The summed E-state index contributed by atoms with van der Waals surface area (Å²) in [5, 5.41) is 5.41. The monoisotopic (exact) mass is 170 g/mol. The molecule has 0 spiro atoms. The number of nitrogens with one attached hydrogen (secondary N) is 1. The van der Waals surface area contributed by atoms with Crippen molar-refractivity contribution in [2.24, 2.45) is 5.73 Å². The molecule has 3 N–H and O–H groups in total. The van der Waals surface area contributed by atoms with E-state index in [0.717, 1.165) is 6.54 Å². The number of nitrogens with two attached hydrogens (primary N) is 1. The predicted octanol–water partition coefficient (Wildman–Crippen LogP) is 1.36. The van der Waals surface area contributed by atoms with Gasteiger partial charge in [0.1, 0.15) is 0 Å². The Balaban J connectivity index is 2.36. The summed E-state index contributed by atoms with van der Waals surface area (Å²) >= 11 is 1.78. The van der Waals surface area contributed by atoms with Gasteiger partial charge in [-0.25, -0.2) is 0 Å². The lowest BCUT2D eigenvalue weighted by Crippen LogP contribution is -2.24. The second kappa shape index (κ2) is 4.49. The van der Waals surface area contributed by atoms with Gasteiger partial charge in [-0.05, 0) is 18.4 Å². The quantitative estimate of drug-likeness (QED) is 0.716. The van der Waals surface area contributed by atoms with Crippen LogP contribution in [0.2, 0.25) is 0 Å². The van der Waals surface area contributed by atoms with Gasteiger partial charge in [-0.3, -0.25) is 0 Å². The van der Waals surface area contributed by atoms with E-state index in [1.807, 2.05) is 0 Å². The summed E-state index contributed by atoms with van der Waals surface area (Å²) in [4.78, 5) is 1.37. The lowest BCUT2D eigenvalue weighted by molar-refractivity contribution is 0.590. The van der Waals surface area contributed by atoms with Gasteiger partial charge in [0.2, 0.25) is 0 Å². The molecule has 11 heavy (non-hydrogen) atoms. The van der Waals surface area contributed by atoms with E-state index in [1.165, 1.54) is 4.88 Å². The van der Waals surface area contributed by atoms with Crippen LogP contribution in [0, 0.1) is 0 Å². The van der Waals surface area contributed by atoms with Crippen LogP contribution < -0.4 is 11.1 Å². The Kier molecular flexibility index (Phi) is 3.56. The van der Waals surface area contributed by atoms with Gasteiger partial charge in [-0.15, -0.1) is 11.3 Å². The van der Waals surface area contributed by atoms with Gasteiger partial charge in [0, 0.05) is 24.0 Å². The van der Waals surface area contributed by atoms with Crippen LogP contribution in [0.3, 0.4) is 0 Å². The zero-order chi connectivity index (χ0) is 8.10. The molecule has 0 amide bonds. The summed E-state index contributed by atoms with van der Waals surface area (Å²) in [5.74, 6) is 0. The molecule has 0 bridgehead atoms. The van der Waals surface area contributed by atoms with E-state index in [9.17, 15) is 0 Å². The molecule has 1 heterocycles. The molecular weight excluding hydrogens is 156 g/mol. The van der Waals surface area contributed by atoms with Gasteiger partial charge in [-0.1, -0.05) is 6.07 Å². The summed E-state index contributed by atoms with van der Waals surface area (Å²) in [6, 6.07) is 4.65. The van der Waals surface area contributed by atoms with Crippen LogP contribution in [0.4, 0.5) is 0 Å². The maximum Gasteiger partial charge on any atom is 0.0386 e. The molecule has 1 aromatic rings. The fourth-order valence-electron chi connectivity index (χ4n) is 0.938. The van der Waals surface area contributed by atoms with Crippen molar-refractivity contribution in [3.05, 3.63) is 22.4 Å². The van der Waals surface area contributed by atoms with Crippen LogP contribution in [-0.4, -0.2) is 13.1 Å². The SMILES string of the molecule is C[C@H](NCCN)c1cccs1. The van der Waals surface area contributed by atoms with Gasteiger partial charge < -0.3 is 11.1 Å². The zero-order valence-corrected chi connectivity index (χ0v) is 7.53. The first kappa shape index (κ1) is 8.71. The molecule has 2 nitrogen and oxygen atoms in total. The van der Waals surface area contributed by atoms with Crippen molar-refractivity contribution in [3.63, 3.8) is 0 Å². The van der Waals surface area contributed by atoms with Gasteiger partial charge >= 0.3 is 0 Å². The van der Waals surface area contributed by atoms with Gasteiger partial charge in [0.05, 0.1) is 0 Å². The molecule has 0 aliphatic rings. The van der Waals surface area contributed by atoms with Crippen molar-refractivity contribution in [2.45, 2.75) is 13.0 Å². The Labute approximate surface area is 71.4 Å². The second-order valence-corrected chi connectivity index (χ2v) is 3.46. The van der Waals surface area contributed by atoms with Crippen LogP contribution >= 0.6 is 11.3 Å². The molecule has 0 unspecified atom stereocenters. The van der Waals surface area contributed by atoms with Gasteiger partial charge in [0.25, 0.3) is 0 Å². The molecule has 1 aromatic heterocycles. The van der Waals surface area contributed by atoms with Gasteiger partial charge in [-0.2, -0.15) is 0 Å². The third-order valence-corrected chi connectivity index (χ3v) is 2.62. The molecule has 62 valence electrons. The molecule has 1 atom stereocenters. The highest BCUT2D eigenvalue weighted by atomic mass is 32.1. The first-order chi connectivity index (χ1) is 5.34. The maximum absolute atomic E-state index is 5.37. The summed E-state index contributed by atoms with van der Waals surface area (Å²) in [6.07, 6.45) is 0. The van der Waals surface area contributed by atoms with Crippen LogP contribution in [0.25, 0.3) is 0 Å². The molecule has 3 heteroatoms. The number of rotatable bonds is 4. The van der Waals surface area contributed by atoms with Crippen LogP contribution in [-0.2, 0) is 0 Å². The lowest BCUT2D eigenvalue weighted by atomic mass is 10.3. The van der Waals surface area contributed by atoms with E-state index in [-0.39, 0.29) is 0 Å². The van der Waals surface area contributed by atoms with E-state index < -0.39 is 0 Å². The Morgan fingerprint density at radius 3 is 3.09 bits per heavy atom. The zero-order valence-electron chi connectivity index (χ0n) is 6.71. The standard InChI is InChI=1S/C8H14N2S/c1-7(10-5-4-9)8-3-2-6-11-8/h2-3,6-7,10H,4-5,9H2,1H3/t7-/m0/s1. The Morgan fingerprint density at radius 2 is 2.55 bits per heavy atom. The van der Waals surface area contributed by atoms with Crippen molar-refractivity contribution in [1.82, 2.24) is 5.32 Å². The minimum Gasteiger partial charge on any atom is -0.329 e. The smallest absolute Gasteiger partial charge is 0.0386 e. The normalized spacial score (nSPS) is 13.3. The van der Waals surface area contributed by atoms with Crippen molar-refractivity contribution in [3.8, 4) is 0 Å². The number of hydrogen-bond donors (Lipinski definition) is 2. The van der Waals surface area contributed by atoms with E-state index in [0.29, 0.717) is 12.6 Å². The van der Waals surface area contributed by atoms with E-state index in [2.05, 4.69) is 29.8 Å². The summed E-state index contributed by atoms with van der Waals surface area (Å²) < 4.78 is 0. The number of hydrogen-bond acceptors (Lipinski definition) is 3. The van der Waals surface area contributed by atoms with Gasteiger partial charge in [0.15, 0.2) is 0 Å². The highest BCUT2D eigenvalue weighted by Gasteiger charge is 2.02. The van der Waals surface area contributed by atoms with Crippen LogP contribution in [0.15, 0.2) is 17.5 Å². The van der Waals surface area contributed by atoms with E-state index in [4.69, 9.17) is 5.73 Å². The third kappa shape index (κ3) is 2.61. The first-order valence-corrected chi connectivity index (χ1v) is 4.69. The van der Waals surface area contributed by atoms with Crippen molar-refractivity contribution >= 4 is 11.3 Å². The summed E-state index contributed by atoms with van der Waals surface area (Å²) in [6.45, 7) is 3.75. The van der Waals surface area contributed by atoms with Crippen molar-refractivity contribution < 1.29 is 0 Å². The molecule has 0 aromatic carbocycles. The molecule has 0 aliphatic heterocycles. The molecule has 0 saturated heterocycles. The maximum atomic E-state index is 5.37. The molecule has 0 fully saturated rings. The molecule has 0 aliphatic carbocycles. The van der Waals surface area contributed by atoms with Crippen molar-refractivity contribution in [1.29, 1.82) is 0 Å². The Morgan fingerprint density at radius 1 is 1.73 bits per heavy atom. The Bertz CT molecular complexity index is 184. The van der Waals surface area contributed by atoms with Crippen LogP contribution in [0.5, 0.6) is 0 Å². The molecular formula is C8H14N2S. The van der Waals surface area contributed by atoms with E-state index >= 15 is 0 Å². The topological polar surface area (TPSA) is 38.0 Å². The molecule has 0 radical (unpaired) electrons.